The Kier molecular flexibility index (Phi) is 12.4. The maximum Gasteiger partial charge on any atom is 0.234 e. The van der Waals surface area contributed by atoms with Crippen molar-refractivity contribution in [2.45, 2.75) is 58.4 Å². The van der Waals surface area contributed by atoms with Crippen molar-refractivity contribution >= 4 is 5.91 Å². The monoisotopic (exact) mass is 258 g/mol. The molecule has 4 nitrogen and oxygen atoms in total. The quantitative estimate of drug-likeness (QED) is 0.527. The molecular formula is C14H30N2O2. The van der Waals surface area contributed by atoms with Gasteiger partial charge in [-0.1, -0.05) is 39.0 Å². The van der Waals surface area contributed by atoms with Gasteiger partial charge in [0.2, 0.25) is 5.91 Å². The van der Waals surface area contributed by atoms with E-state index in [0.29, 0.717) is 25.7 Å². The largest absolute Gasteiger partial charge is 0.383 e. The number of rotatable bonds is 12. The first kappa shape index (κ1) is 17.4. The molecule has 2 N–H and O–H groups in total. The number of hydrogen-bond donors (Lipinski definition) is 2. The molecule has 0 heterocycles. The summed E-state index contributed by atoms with van der Waals surface area (Å²) >= 11 is 0. The van der Waals surface area contributed by atoms with Crippen LogP contribution in [0.4, 0.5) is 0 Å². The summed E-state index contributed by atoms with van der Waals surface area (Å²) in [6, 6.07) is 0.416. The SMILES string of the molecule is CCCCCCCC(C)NCC(=O)NCCOC. The van der Waals surface area contributed by atoms with Gasteiger partial charge in [0.15, 0.2) is 0 Å². The van der Waals surface area contributed by atoms with Gasteiger partial charge in [0, 0.05) is 19.7 Å². The molecule has 4 heteroatoms. The van der Waals surface area contributed by atoms with E-state index >= 15 is 0 Å². The highest BCUT2D eigenvalue weighted by Crippen LogP contribution is 2.06. The number of unbranched alkanes of at least 4 members (excludes halogenated alkanes) is 4. The molecule has 0 aliphatic carbocycles. The Morgan fingerprint density at radius 1 is 1.22 bits per heavy atom. The second-order valence-corrected chi connectivity index (χ2v) is 4.83. The second-order valence-electron chi connectivity index (χ2n) is 4.83. The van der Waals surface area contributed by atoms with Gasteiger partial charge in [-0.25, -0.2) is 0 Å². The lowest BCUT2D eigenvalue weighted by atomic mass is 10.1. The maximum absolute atomic E-state index is 11.4. The molecule has 0 radical (unpaired) electrons. The standard InChI is InChI=1S/C14H30N2O2/c1-4-5-6-7-8-9-13(2)16-12-14(17)15-10-11-18-3/h13,16H,4-12H2,1-3H3,(H,15,17). The number of hydrogen-bond acceptors (Lipinski definition) is 3. The van der Waals surface area contributed by atoms with Gasteiger partial charge in [0.1, 0.15) is 0 Å². The van der Waals surface area contributed by atoms with Crippen LogP contribution in [0.3, 0.4) is 0 Å². The molecule has 0 spiro atoms. The Balaban J connectivity index is 3.34. The number of amides is 1. The van der Waals surface area contributed by atoms with E-state index in [0.717, 1.165) is 6.42 Å². The van der Waals surface area contributed by atoms with Gasteiger partial charge in [-0.05, 0) is 13.3 Å². The molecule has 0 aromatic rings. The fourth-order valence-corrected chi connectivity index (χ4v) is 1.78. The average molecular weight is 258 g/mol. The molecule has 0 saturated carbocycles. The van der Waals surface area contributed by atoms with E-state index < -0.39 is 0 Å². The summed E-state index contributed by atoms with van der Waals surface area (Å²) in [7, 11) is 1.63. The van der Waals surface area contributed by atoms with Gasteiger partial charge in [-0.15, -0.1) is 0 Å². The van der Waals surface area contributed by atoms with Crippen molar-refractivity contribution in [2.75, 3.05) is 26.8 Å². The van der Waals surface area contributed by atoms with Gasteiger partial charge in [0.05, 0.1) is 13.2 Å². The molecular weight excluding hydrogens is 228 g/mol. The van der Waals surface area contributed by atoms with Crippen molar-refractivity contribution < 1.29 is 9.53 Å². The molecule has 0 fully saturated rings. The van der Waals surface area contributed by atoms with Gasteiger partial charge in [-0.2, -0.15) is 0 Å². The zero-order chi connectivity index (χ0) is 13.6. The van der Waals surface area contributed by atoms with Crippen molar-refractivity contribution in [3.8, 4) is 0 Å². The molecule has 0 aliphatic rings. The van der Waals surface area contributed by atoms with Crippen LogP contribution in [0.2, 0.25) is 0 Å². The third kappa shape index (κ3) is 11.9. The van der Waals surface area contributed by atoms with Gasteiger partial charge >= 0.3 is 0 Å². The van der Waals surface area contributed by atoms with Crippen LogP contribution in [0.5, 0.6) is 0 Å². The van der Waals surface area contributed by atoms with Crippen LogP contribution < -0.4 is 10.6 Å². The Labute approximate surface area is 112 Å². The first-order valence-corrected chi connectivity index (χ1v) is 7.19. The molecule has 0 saturated heterocycles. The summed E-state index contributed by atoms with van der Waals surface area (Å²) in [5, 5.41) is 6.04. The number of methoxy groups -OCH3 is 1. The number of ether oxygens (including phenoxy) is 1. The summed E-state index contributed by atoms with van der Waals surface area (Å²) in [6.07, 6.45) is 7.66. The summed E-state index contributed by atoms with van der Waals surface area (Å²) in [5.41, 5.74) is 0. The van der Waals surface area contributed by atoms with Crippen molar-refractivity contribution in [3.05, 3.63) is 0 Å². The van der Waals surface area contributed by atoms with Crippen LogP contribution in [0.15, 0.2) is 0 Å². The van der Waals surface area contributed by atoms with Gasteiger partial charge in [-0.3, -0.25) is 4.79 Å². The number of carbonyl (C=O) groups is 1. The zero-order valence-corrected chi connectivity index (χ0v) is 12.3. The van der Waals surface area contributed by atoms with Crippen LogP contribution >= 0.6 is 0 Å². The minimum absolute atomic E-state index is 0.0462. The lowest BCUT2D eigenvalue weighted by molar-refractivity contribution is -0.120. The molecule has 0 aromatic heterocycles. The van der Waals surface area contributed by atoms with E-state index in [-0.39, 0.29) is 5.91 Å². The molecule has 18 heavy (non-hydrogen) atoms. The van der Waals surface area contributed by atoms with Crippen molar-refractivity contribution in [2.24, 2.45) is 0 Å². The summed E-state index contributed by atoms with van der Waals surface area (Å²) in [6.45, 7) is 5.93. The van der Waals surface area contributed by atoms with E-state index in [9.17, 15) is 4.79 Å². The number of nitrogens with one attached hydrogen (secondary N) is 2. The Morgan fingerprint density at radius 3 is 2.61 bits per heavy atom. The van der Waals surface area contributed by atoms with Crippen LogP contribution in [0, 0.1) is 0 Å². The molecule has 1 unspecified atom stereocenters. The minimum Gasteiger partial charge on any atom is -0.383 e. The first-order valence-electron chi connectivity index (χ1n) is 7.19. The normalized spacial score (nSPS) is 12.4. The van der Waals surface area contributed by atoms with E-state index in [1.807, 2.05) is 0 Å². The summed E-state index contributed by atoms with van der Waals surface area (Å²) in [4.78, 5) is 11.4. The Morgan fingerprint density at radius 2 is 1.94 bits per heavy atom. The number of carbonyl (C=O) groups excluding carboxylic acids is 1. The minimum atomic E-state index is 0.0462. The Bertz CT molecular complexity index is 198. The highest BCUT2D eigenvalue weighted by Gasteiger charge is 2.04. The predicted octanol–water partition coefficient (Wildman–Crippen LogP) is 2.09. The van der Waals surface area contributed by atoms with Crippen LogP contribution in [-0.4, -0.2) is 38.8 Å². The van der Waals surface area contributed by atoms with E-state index in [1.165, 1.54) is 32.1 Å². The molecule has 108 valence electrons. The predicted molar refractivity (Wildman–Crippen MR) is 75.7 cm³/mol. The summed E-state index contributed by atoms with van der Waals surface area (Å²) in [5.74, 6) is 0.0462. The molecule has 0 rings (SSSR count). The average Bonchev–Trinajstić information content (AvgIpc) is 2.36. The Hall–Kier alpha value is -0.610. The van der Waals surface area contributed by atoms with Crippen molar-refractivity contribution in [1.82, 2.24) is 10.6 Å². The first-order chi connectivity index (χ1) is 8.70. The maximum atomic E-state index is 11.4. The zero-order valence-electron chi connectivity index (χ0n) is 12.3. The molecule has 0 aromatic carbocycles. The van der Waals surface area contributed by atoms with Crippen LogP contribution in [-0.2, 0) is 9.53 Å². The smallest absolute Gasteiger partial charge is 0.234 e. The lowest BCUT2D eigenvalue weighted by Gasteiger charge is -2.13. The van der Waals surface area contributed by atoms with Gasteiger partial charge < -0.3 is 15.4 Å². The lowest BCUT2D eigenvalue weighted by Crippen LogP contribution is -2.39. The molecule has 1 amide bonds. The molecule has 0 aliphatic heterocycles. The van der Waals surface area contributed by atoms with Crippen molar-refractivity contribution in [3.63, 3.8) is 0 Å². The fraction of sp³-hybridized carbons (Fsp3) is 0.929. The van der Waals surface area contributed by atoms with E-state index in [4.69, 9.17) is 4.74 Å². The van der Waals surface area contributed by atoms with Gasteiger partial charge in [0.25, 0.3) is 0 Å². The van der Waals surface area contributed by atoms with Crippen molar-refractivity contribution in [1.29, 1.82) is 0 Å². The second kappa shape index (κ2) is 12.8. The van der Waals surface area contributed by atoms with Crippen LogP contribution in [0.1, 0.15) is 52.4 Å². The van der Waals surface area contributed by atoms with E-state index in [2.05, 4.69) is 24.5 Å². The summed E-state index contributed by atoms with van der Waals surface area (Å²) < 4.78 is 4.87. The molecule has 1 atom stereocenters. The third-order valence-electron chi connectivity index (χ3n) is 2.98. The highest BCUT2D eigenvalue weighted by molar-refractivity contribution is 5.77. The van der Waals surface area contributed by atoms with Crippen LogP contribution in [0.25, 0.3) is 0 Å². The topological polar surface area (TPSA) is 50.4 Å². The highest BCUT2D eigenvalue weighted by atomic mass is 16.5. The molecule has 0 bridgehead atoms. The third-order valence-corrected chi connectivity index (χ3v) is 2.98. The van der Waals surface area contributed by atoms with E-state index in [1.54, 1.807) is 7.11 Å². The fourth-order valence-electron chi connectivity index (χ4n) is 1.78.